The predicted octanol–water partition coefficient (Wildman–Crippen LogP) is 3.05. The van der Waals surface area contributed by atoms with Crippen LogP contribution < -0.4 is 20.1 Å². The largest absolute Gasteiger partial charge is 0.494 e. The zero-order valence-corrected chi connectivity index (χ0v) is 23.9. The van der Waals surface area contributed by atoms with Crippen molar-refractivity contribution in [1.29, 1.82) is 0 Å². The molecule has 0 unspecified atom stereocenters. The van der Waals surface area contributed by atoms with Gasteiger partial charge in [-0.15, -0.1) is 0 Å². The molecule has 0 atom stereocenters. The third-order valence-corrected chi connectivity index (χ3v) is 6.93. The fourth-order valence-electron chi connectivity index (χ4n) is 3.91. The molecule has 1 amide bonds. The minimum atomic E-state index is -3.92. The van der Waals surface area contributed by atoms with Crippen LogP contribution in [0.4, 0.5) is 17.1 Å². The molecule has 4 aromatic rings. The Morgan fingerprint density at radius 1 is 1.00 bits per heavy atom. The van der Waals surface area contributed by atoms with E-state index in [1.54, 1.807) is 31.3 Å². The predicted molar refractivity (Wildman–Crippen MR) is 156 cm³/mol. The number of aliphatic hydroxyl groups excluding tert-OH is 1. The van der Waals surface area contributed by atoms with Crippen molar-refractivity contribution < 1.29 is 36.0 Å². The van der Waals surface area contributed by atoms with Crippen molar-refractivity contribution in [3.8, 4) is 5.75 Å². The van der Waals surface area contributed by atoms with Crippen LogP contribution in [0, 0.1) is 6.92 Å². The first kappa shape index (κ1) is 30.6. The van der Waals surface area contributed by atoms with Crippen molar-refractivity contribution in [1.82, 2.24) is 10.3 Å². The Morgan fingerprint density at radius 3 is 2.20 bits per heavy atom. The third-order valence-electron chi connectivity index (χ3n) is 5.62. The van der Waals surface area contributed by atoms with Gasteiger partial charge in [0.05, 0.1) is 59.4 Å². The van der Waals surface area contributed by atoms with Gasteiger partial charge < -0.3 is 20.5 Å². The van der Waals surface area contributed by atoms with Crippen molar-refractivity contribution in [3.63, 3.8) is 0 Å². The maximum atomic E-state index is 12.5. The average Bonchev–Trinajstić information content (AvgIpc) is 2.88. The number of aromatic nitrogens is 1. The summed E-state index contributed by atoms with van der Waals surface area (Å²) in [5.41, 5.74) is 4.60. The molecule has 0 radical (unpaired) electrons. The summed E-state index contributed by atoms with van der Waals surface area (Å²) in [4.78, 5) is 17.4. The minimum absolute atomic E-state index is 0.222. The molecular formula is C26H30N4O8S2. The van der Waals surface area contributed by atoms with Gasteiger partial charge >= 0.3 is 0 Å². The molecule has 0 aliphatic heterocycles. The number of hydrogen-bond acceptors (Lipinski definition) is 9. The van der Waals surface area contributed by atoms with Gasteiger partial charge in [-0.1, -0.05) is 30.3 Å². The van der Waals surface area contributed by atoms with Crippen LogP contribution in [0.25, 0.3) is 21.8 Å². The highest BCUT2D eigenvalue weighted by molar-refractivity contribution is 7.92. The van der Waals surface area contributed by atoms with Crippen LogP contribution in [0.5, 0.6) is 5.75 Å². The van der Waals surface area contributed by atoms with E-state index in [2.05, 4.69) is 15.4 Å². The van der Waals surface area contributed by atoms with Gasteiger partial charge in [0.1, 0.15) is 5.75 Å². The third kappa shape index (κ3) is 7.57. The molecule has 1 heterocycles. The van der Waals surface area contributed by atoms with Gasteiger partial charge in [0.25, 0.3) is 16.0 Å². The second-order valence-electron chi connectivity index (χ2n) is 8.66. The highest BCUT2D eigenvalue weighted by Crippen LogP contribution is 2.38. The molecule has 214 valence electrons. The summed E-state index contributed by atoms with van der Waals surface area (Å²) in [6, 6.07) is 16.4. The van der Waals surface area contributed by atoms with Crippen LogP contribution in [0.15, 0.2) is 54.6 Å². The Hall–Kier alpha value is -3.98. The van der Waals surface area contributed by atoms with Crippen LogP contribution in [0.1, 0.15) is 15.9 Å². The van der Waals surface area contributed by atoms with Gasteiger partial charge in [-0.3, -0.25) is 14.1 Å². The van der Waals surface area contributed by atoms with Gasteiger partial charge in [-0.05, 0) is 30.7 Å². The van der Waals surface area contributed by atoms with Crippen LogP contribution >= 0.6 is 0 Å². The van der Waals surface area contributed by atoms with Crippen LogP contribution in [0.3, 0.4) is 0 Å². The first-order valence-corrected chi connectivity index (χ1v) is 15.3. The van der Waals surface area contributed by atoms with Gasteiger partial charge in [0, 0.05) is 23.9 Å². The number of pyridine rings is 1. The van der Waals surface area contributed by atoms with Crippen molar-refractivity contribution in [2.75, 3.05) is 42.8 Å². The SMILES string of the molecule is CNC(=O)c1cccc2c(Nc3ccc(NS(C)(=O)=O)cc3OC)c3cccc(C)c3nc12.O=S(=O)(O)CCO. The van der Waals surface area contributed by atoms with E-state index >= 15 is 0 Å². The number of para-hydroxylation sites is 2. The molecule has 0 fully saturated rings. The number of nitrogens with zero attached hydrogens (tertiary/aromatic N) is 1. The molecule has 1 aromatic heterocycles. The minimum Gasteiger partial charge on any atom is -0.494 e. The second kappa shape index (κ2) is 12.5. The highest BCUT2D eigenvalue weighted by Gasteiger charge is 2.18. The second-order valence-corrected chi connectivity index (χ2v) is 12.0. The number of fused-ring (bicyclic) bond motifs is 2. The molecule has 3 aromatic carbocycles. The Bertz CT molecular complexity index is 1780. The van der Waals surface area contributed by atoms with Crippen molar-refractivity contribution >= 4 is 64.9 Å². The number of rotatable bonds is 8. The molecule has 5 N–H and O–H groups in total. The lowest BCUT2D eigenvalue weighted by atomic mass is 10.0. The molecule has 0 bridgehead atoms. The van der Waals surface area contributed by atoms with Crippen LogP contribution in [-0.2, 0) is 20.1 Å². The van der Waals surface area contributed by atoms with Crippen LogP contribution in [0.2, 0.25) is 0 Å². The number of carbonyl (C=O) groups is 1. The quantitative estimate of drug-likeness (QED) is 0.151. The Kier molecular flexibility index (Phi) is 9.52. The number of aryl methyl sites for hydroxylation is 1. The summed E-state index contributed by atoms with van der Waals surface area (Å²) in [5.74, 6) is -0.342. The van der Waals surface area contributed by atoms with Gasteiger partial charge in [0.2, 0.25) is 10.0 Å². The number of hydrogen-bond donors (Lipinski definition) is 5. The van der Waals surface area contributed by atoms with Crippen LogP contribution in [-0.4, -0.2) is 70.2 Å². The molecule has 40 heavy (non-hydrogen) atoms. The van der Waals surface area contributed by atoms with Crippen molar-refractivity contribution in [2.45, 2.75) is 6.92 Å². The zero-order valence-electron chi connectivity index (χ0n) is 22.2. The van der Waals surface area contributed by atoms with E-state index in [0.717, 1.165) is 33.8 Å². The lowest BCUT2D eigenvalue weighted by molar-refractivity contribution is 0.0964. The number of ether oxygens (including phenoxy) is 1. The summed E-state index contributed by atoms with van der Waals surface area (Å²) in [7, 11) is -4.25. The summed E-state index contributed by atoms with van der Waals surface area (Å²) in [6.07, 6.45) is 1.09. The van der Waals surface area contributed by atoms with E-state index in [1.165, 1.54) is 7.11 Å². The molecular weight excluding hydrogens is 560 g/mol. The lowest BCUT2D eigenvalue weighted by Crippen LogP contribution is -2.18. The smallest absolute Gasteiger partial charge is 0.267 e. The molecule has 12 nitrogen and oxygen atoms in total. The zero-order chi connectivity index (χ0) is 29.7. The fourth-order valence-corrected chi connectivity index (χ4v) is 4.69. The Labute approximate surface area is 232 Å². The van der Waals surface area contributed by atoms with Crippen molar-refractivity contribution in [3.05, 3.63) is 65.7 Å². The standard InChI is InChI=1S/C24H24N4O4S.C2H6O4S/c1-14-7-5-8-16-21(14)27-23-17(9-6-10-18(23)24(29)25-2)22(16)26-19-12-11-15(13-20(19)32-3)28-33(4,30)31;3-1-2-7(4,5)6/h5-13,28H,1-4H3,(H,25,29)(H,26,27);3H,1-2H2,(H,4,5,6). The van der Waals surface area contributed by atoms with Gasteiger partial charge in [-0.2, -0.15) is 8.42 Å². The Balaban J connectivity index is 0.000000559. The summed E-state index contributed by atoms with van der Waals surface area (Å²) in [5, 5.41) is 15.6. The normalized spacial score (nSPS) is 11.4. The van der Waals surface area contributed by atoms with E-state index in [1.807, 2.05) is 37.3 Å². The average molecular weight is 591 g/mol. The summed E-state index contributed by atoms with van der Waals surface area (Å²) < 4.78 is 58.3. The maximum absolute atomic E-state index is 12.5. The summed E-state index contributed by atoms with van der Waals surface area (Å²) >= 11 is 0. The molecule has 4 rings (SSSR count). The topological polar surface area (TPSA) is 184 Å². The van der Waals surface area contributed by atoms with E-state index in [0.29, 0.717) is 28.2 Å². The van der Waals surface area contributed by atoms with E-state index in [-0.39, 0.29) is 5.91 Å². The number of amides is 1. The number of methoxy groups -OCH3 is 1. The number of carbonyl (C=O) groups excluding carboxylic acids is 1. The molecule has 0 spiro atoms. The lowest BCUT2D eigenvalue weighted by Gasteiger charge is -2.18. The van der Waals surface area contributed by atoms with E-state index in [4.69, 9.17) is 19.4 Å². The maximum Gasteiger partial charge on any atom is 0.267 e. The first-order chi connectivity index (χ1) is 18.8. The number of aliphatic hydroxyl groups is 1. The number of benzene rings is 3. The summed E-state index contributed by atoms with van der Waals surface area (Å²) in [6.45, 7) is 1.44. The number of sulfonamides is 1. The molecule has 0 aliphatic carbocycles. The van der Waals surface area contributed by atoms with E-state index < -0.39 is 32.5 Å². The molecule has 0 saturated heterocycles. The van der Waals surface area contributed by atoms with Gasteiger partial charge in [-0.25, -0.2) is 13.4 Å². The molecule has 0 saturated carbocycles. The van der Waals surface area contributed by atoms with E-state index in [9.17, 15) is 21.6 Å². The van der Waals surface area contributed by atoms with Gasteiger partial charge in [0.15, 0.2) is 0 Å². The molecule has 14 heteroatoms. The van der Waals surface area contributed by atoms with Crippen molar-refractivity contribution in [2.24, 2.45) is 0 Å². The number of anilines is 3. The Morgan fingerprint density at radius 2 is 1.65 bits per heavy atom. The fraction of sp³-hybridized carbons (Fsp3) is 0.231. The number of nitrogens with one attached hydrogen (secondary N) is 3. The highest BCUT2D eigenvalue weighted by atomic mass is 32.2. The molecule has 0 aliphatic rings. The first-order valence-electron chi connectivity index (χ1n) is 11.8. The monoisotopic (exact) mass is 590 g/mol.